The van der Waals surface area contributed by atoms with Crippen molar-refractivity contribution >= 4 is 35.0 Å². The number of nitrogens with one attached hydrogen (secondary N) is 2. The van der Waals surface area contributed by atoms with Gasteiger partial charge in [0.15, 0.2) is 0 Å². The summed E-state index contributed by atoms with van der Waals surface area (Å²) in [6, 6.07) is 18.4. The van der Waals surface area contributed by atoms with Crippen LogP contribution in [0.5, 0.6) is 5.75 Å². The second kappa shape index (κ2) is 9.93. The van der Waals surface area contributed by atoms with Crippen LogP contribution in [0.15, 0.2) is 71.6 Å². The molecular formula is C23H21FN2O3S. The lowest BCUT2D eigenvalue weighted by molar-refractivity contribution is -0.113. The fraction of sp³-hybridized carbons (Fsp3) is 0.130. The number of hydrogen-bond donors (Lipinski definition) is 2. The first-order chi connectivity index (χ1) is 14.5. The predicted molar refractivity (Wildman–Crippen MR) is 118 cm³/mol. The zero-order valence-electron chi connectivity index (χ0n) is 16.6. The molecule has 7 heteroatoms. The fourth-order valence-electron chi connectivity index (χ4n) is 2.72. The van der Waals surface area contributed by atoms with Crippen LogP contribution < -0.4 is 15.4 Å². The van der Waals surface area contributed by atoms with E-state index in [-0.39, 0.29) is 23.3 Å². The van der Waals surface area contributed by atoms with Gasteiger partial charge in [-0.2, -0.15) is 0 Å². The first kappa shape index (κ1) is 21.4. The molecule has 0 heterocycles. The highest BCUT2D eigenvalue weighted by Gasteiger charge is 2.15. The smallest absolute Gasteiger partial charge is 0.256 e. The Bertz CT molecular complexity index is 1050. The van der Waals surface area contributed by atoms with Gasteiger partial charge in [-0.1, -0.05) is 29.8 Å². The number of halogens is 1. The van der Waals surface area contributed by atoms with Crippen LogP contribution in [0.2, 0.25) is 0 Å². The summed E-state index contributed by atoms with van der Waals surface area (Å²) in [6.45, 7) is 1.98. The van der Waals surface area contributed by atoms with E-state index in [9.17, 15) is 14.0 Å². The number of carbonyl (C=O) groups is 2. The summed E-state index contributed by atoms with van der Waals surface area (Å²) in [6.07, 6.45) is 0. The van der Waals surface area contributed by atoms with Gasteiger partial charge in [0.25, 0.3) is 5.91 Å². The average molecular weight is 424 g/mol. The topological polar surface area (TPSA) is 67.4 Å². The molecule has 0 radical (unpaired) electrons. The van der Waals surface area contributed by atoms with E-state index in [0.717, 1.165) is 11.3 Å². The van der Waals surface area contributed by atoms with Crippen LogP contribution in [-0.4, -0.2) is 24.7 Å². The number of amides is 2. The lowest BCUT2D eigenvalue weighted by atomic mass is 10.2. The molecule has 3 aromatic carbocycles. The minimum atomic E-state index is -0.458. The molecule has 2 amide bonds. The molecule has 154 valence electrons. The Morgan fingerprint density at radius 2 is 1.73 bits per heavy atom. The van der Waals surface area contributed by atoms with Crippen LogP contribution in [0.3, 0.4) is 0 Å². The van der Waals surface area contributed by atoms with Gasteiger partial charge in [0.2, 0.25) is 5.91 Å². The maximum Gasteiger partial charge on any atom is 0.256 e. The molecule has 3 rings (SSSR count). The van der Waals surface area contributed by atoms with Gasteiger partial charge in [0, 0.05) is 16.6 Å². The summed E-state index contributed by atoms with van der Waals surface area (Å²) in [5.74, 6) is -0.620. The largest absolute Gasteiger partial charge is 0.494 e. The van der Waals surface area contributed by atoms with Gasteiger partial charge in [-0.3, -0.25) is 9.59 Å². The number of thioether (sulfide) groups is 1. The zero-order valence-corrected chi connectivity index (χ0v) is 17.4. The molecule has 0 saturated carbocycles. The molecule has 0 aliphatic rings. The first-order valence-electron chi connectivity index (χ1n) is 9.19. The quantitative estimate of drug-likeness (QED) is 0.516. The fourth-order valence-corrected chi connectivity index (χ4v) is 3.57. The van der Waals surface area contributed by atoms with Crippen LogP contribution >= 0.6 is 11.8 Å². The highest BCUT2D eigenvalue weighted by Crippen LogP contribution is 2.28. The van der Waals surface area contributed by atoms with Gasteiger partial charge in [-0.05, 0) is 43.3 Å². The second-order valence-electron chi connectivity index (χ2n) is 6.50. The number of hydrogen-bond acceptors (Lipinski definition) is 4. The van der Waals surface area contributed by atoms with E-state index in [0.29, 0.717) is 16.1 Å². The van der Waals surface area contributed by atoms with Gasteiger partial charge >= 0.3 is 0 Å². The molecule has 0 aromatic heterocycles. The number of anilines is 2. The number of aryl methyl sites for hydroxylation is 1. The van der Waals surface area contributed by atoms with Crippen molar-refractivity contribution in [3.05, 3.63) is 83.7 Å². The average Bonchev–Trinajstić information content (AvgIpc) is 2.75. The van der Waals surface area contributed by atoms with E-state index in [2.05, 4.69) is 10.6 Å². The molecule has 0 spiro atoms. The van der Waals surface area contributed by atoms with Crippen LogP contribution in [0.1, 0.15) is 15.9 Å². The molecular weight excluding hydrogens is 403 g/mol. The Hall–Kier alpha value is -3.32. The van der Waals surface area contributed by atoms with Crippen molar-refractivity contribution in [3.8, 4) is 5.75 Å². The minimum absolute atomic E-state index is 0.151. The van der Waals surface area contributed by atoms with E-state index in [4.69, 9.17) is 4.74 Å². The Labute approximate surface area is 178 Å². The number of carbonyl (C=O) groups excluding carboxylic acids is 2. The first-order valence-corrected chi connectivity index (χ1v) is 10.2. The van der Waals surface area contributed by atoms with Crippen molar-refractivity contribution < 1.29 is 18.7 Å². The number of benzene rings is 3. The molecule has 30 heavy (non-hydrogen) atoms. The number of methoxy groups -OCH3 is 1. The Morgan fingerprint density at radius 3 is 2.47 bits per heavy atom. The van der Waals surface area contributed by atoms with E-state index >= 15 is 0 Å². The molecule has 2 N–H and O–H groups in total. The van der Waals surface area contributed by atoms with Crippen LogP contribution in [0.4, 0.5) is 15.8 Å². The lowest BCUT2D eigenvalue weighted by Gasteiger charge is -2.12. The normalized spacial score (nSPS) is 10.4. The summed E-state index contributed by atoms with van der Waals surface area (Å²) in [4.78, 5) is 25.7. The lowest BCUT2D eigenvalue weighted by Crippen LogP contribution is -2.16. The summed E-state index contributed by atoms with van der Waals surface area (Å²) in [5.41, 5.74) is 2.61. The molecule has 0 bridgehead atoms. The number of rotatable bonds is 7. The van der Waals surface area contributed by atoms with Crippen molar-refractivity contribution in [1.29, 1.82) is 0 Å². The Kier molecular flexibility index (Phi) is 7.08. The van der Waals surface area contributed by atoms with Gasteiger partial charge < -0.3 is 15.4 Å². The molecule has 0 saturated heterocycles. The van der Waals surface area contributed by atoms with Crippen molar-refractivity contribution in [2.24, 2.45) is 0 Å². The van der Waals surface area contributed by atoms with Gasteiger partial charge in [0.05, 0.1) is 24.1 Å². The highest BCUT2D eigenvalue weighted by atomic mass is 32.2. The maximum atomic E-state index is 13.4. The molecule has 0 unspecified atom stereocenters. The molecule has 3 aromatic rings. The maximum absolute atomic E-state index is 13.4. The van der Waals surface area contributed by atoms with Crippen molar-refractivity contribution in [2.45, 2.75) is 11.8 Å². The van der Waals surface area contributed by atoms with Gasteiger partial charge in [-0.15, -0.1) is 11.8 Å². The van der Waals surface area contributed by atoms with E-state index in [1.165, 1.54) is 37.1 Å². The third-order valence-corrected chi connectivity index (χ3v) is 5.31. The predicted octanol–water partition coefficient (Wildman–Crippen LogP) is 5.13. The monoisotopic (exact) mass is 424 g/mol. The zero-order chi connectivity index (χ0) is 21.5. The minimum Gasteiger partial charge on any atom is -0.494 e. The van der Waals surface area contributed by atoms with Gasteiger partial charge in [0.1, 0.15) is 11.6 Å². The summed E-state index contributed by atoms with van der Waals surface area (Å²) in [7, 11) is 1.40. The molecule has 0 fully saturated rings. The van der Waals surface area contributed by atoms with Crippen LogP contribution in [0, 0.1) is 12.7 Å². The molecule has 0 aliphatic carbocycles. The standard InChI is InChI=1S/C23H21FN2O3S/c1-15-7-10-17(11-8-15)25-22(27)14-30-21-6-4-3-5-18(21)23(28)26-19-12-9-16(24)13-20(19)29-2/h3-13H,14H2,1-2H3,(H,25,27)(H,26,28). The van der Waals surface area contributed by atoms with E-state index in [1.807, 2.05) is 31.2 Å². The van der Waals surface area contributed by atoms with Crippen LogP contribution in [-0.2, 0) is 4.79 Å². The van der Waals surface area contributed by atoms with Gasteiger partial charge in [-0.25, -0.2) is 4.39 Å². The van der Waals surface area contributed by atoms with Crippen molar-refractivity contribution in [1.82, 2.24) is 0 Å². The van der Waals surface area contributed by atoms with Crippen molar-refractivity contribution in [2.75, 3.05) is 23.5 Å². The highest BCUT2D eigenvalue weighted by molar-refractivity contribution is 8.00. The SMILES string of the molecule is COc1cc(F)ccc1NC(=O)c1ccccc1SCC(=O)Nc1ccc(C)cc1. The number of ether oxygens (including phenoxy) is 1. The summed E-state index contributed by atoms with van der Waals surface area (Å²) in [5, 5.41) is 5.57. The van der Waals surface area contributed by atoms with E-state index in [1.54, 1.807) is 24.3 Å². The van der Waals surface area contributed by atoms with E-state index < -0.39 is 5.82 Å². The Balaban J connectivity index is 1.67. The Morgan fingerprint density at radius 1 is 1.00 bits per heavy atom. The molecule has 0 aliphatic heterocycles. The second-order valence-corrected chi connectivity index (χ2v) is 7.51. The molecule has 5 nitrogen and oxygen atoms in total. The third kappa shape index (κ3) is 5.61. The van der Waals surface area contributed by atoms with Crippen molar-refractivity contribution in [3.63, 3.8) is 0 Å². The summed E-state index contributed by atoms with van der Waals surface area (Å²) >= 11 is 1.26. The summed E-state index contributed by atoms with van der Waals surface area (Å²) < 4.78 is 18.5. The van der Waals surface area contributed by atoms with Crippen LogP contribution in [0.25, 0.3) is 0 Å². The third-order valence-electron chi connectivity index (χ3n) is 4.24. The molecule has 0 atom stereocenters.